The second-order valence-corrected chi connectivity index (χ2v) is 6.22. The molecule has 2 aromatic rings. The van der Waals surface area contributed by atoms with Crippen molar-refractivity contribution in [3.05, 3.63) is 42.0 Å². The fourth-order valence-corrected chi connectivity index (χ4v) is 3.40. The molecule has 2 aliphatic rings. The van der Waals surface area contributed by atoms with Gasteiger partial charge in [0.1, 0.15) is 0 Å². The average molecular weight is 315 g/mol. The molecule has 0 saturated heterocycles. The summed E-state index contributed by atoms with van der Waals surface area (Å²) in [7, 11) is 1.77. The van der Waals surface area contributed by atoms with E-state index in [2.05, 4.69) is 26.6 Å². The Hall–Kier alpha value is -2.05. The fourth-order valence-electron chi connectivity index (χ4n) is 3.40. The van der Waals surface area contributed by atoms with Crippen LogP contribution in [0.4, 0.5) is 0 Å². The monoisotopic (exact) mass is 315 g/mol. The van der Waals surface area contributed by atoms with E-state index < -0.39 is 0 Å². The molecule has 0 N–H and O–H groups in total. The summed E-state index contributed by atoms with van der Waals surface area (Å²) in [4.78, 5) is 6.73. The van der Waals surface area contributed by atoms with Gasteiger partial charge in [0.2, 0.25) is 6.79 Å². The first kappa shape index (κ1) is 14.5. The van der Waals surface area contributed by atoms with Crippen LogP contribution in [-0.2, 0) is 24.4 Å². The van der Waals surface area contributed by atoms with Crippen molar-refractivity contribution >= 4 is 0 Å². The minimum Gasteiger partial charge on any atom is -0.454 e. The third kappa shape index (κ3) is 3.04. The van der Waals surface area contributed by atoms with Gasteiger partial charge in [-0.25, -0.2) is 4.98 Å². The van der Waals surface area contributed by atoms with E-state index in [1.54, 1.807) is 7.11 Å². The predicted octanol–water partition coefficient (Wildman–Crippen LogP) is 1.89. The highest BCUT2D eigenvalue weighted by molar-refractivity contribution is 5.44. The van der Waals surface area contributed by atoms with Crippen LogP contribution in [0.2, 0.25) is 0 Å². The number of ether oxygens (including phenoxy) is 3. The molecule has 0 bridgehead atoms. The van der Waals surface area contributed by atoms with Crippen LogP contribution in [0, 0.1) is 5.92 Å². The van der Waals surface area contributed by atoms with E-state index in [1.807, 2.05) is 18.6 Å². The molecule has 122 valence electrons. The first-order chi connectivity index (χ1) is 11.3. The van der Waals surface area contributed by atoms with Gasteiger partial charge >= 0.3 is 0 Å². The predicted molar refractivity (Wildman–Crippen MR) is 84.3 cm³/mol. The number of aromatic nitrogens is 2. The van der Waals surface area contributed by atoms with Gasteiger partial charge in [-0.05, 0) is 17.7 Å². The third-order valence-corrected chi connectivity index (χ3v) is 4.40. The molecule has 4 rings (SSSR count). The lowest BCUT2D eigenvalue weighted by molar-refractivity contribution is 0.115. The molecule has 3 heterocycles. The Bertz CT molecular complexity index is 685. The van der Waals surface area contributed by atoms with Crippen LogP contribution in [0.3, 0.4) is 0 Å². The van der Waals surface area contributed by atoms with Crippen molar-refractivity contribution in [1.29, 1.82) is 0 Å². The highest BCUT2D eigenvalue weighted by Crippen LogP contribution is 2.33. The van der Waals surface area contributed by atoms with Gasteiger partial charge < -0.3 is 18.8 Å². The molecule has 6 nitrogen and oxygen atoms in total. The molecule has 0 unspecified atom stereocenters. The van der Waals surface area contributed by atoms with Gasteiger partial charge in [0, 0.05) is 45.4 Å². The maximum atomic E-state index is 5.48. The topological polar surface area (TPSA) is 48.8 Å². The van der Waals surface area contributed by atoms with Crippen LogP contribution < -0.4 is 9.47 Å². The lowest BCUT2D eigenvalue weighted by Gasteiger charge is -2.23. The van der Waals surface area contributed by atoms with Gasteiger partial charge in [0.05, 0.1) is 18.6 Å². The Morgan fingerprint density at radius 2 is 2.17 bits per heavy atom. The summed E-state index contributed by atoms with van der Waals surface area (Å²) in [6, 6.07) is 6.18. The molecule has 0 aliphatic carbocycles. The molecule has 2 aliphatic heterocycles. The summed E-state index contributed by atoms with van der Waals surface area (Å²) in [5.74, 6) is 2.14. The summed E-state index contributed by atoms with van der Waals surface area (Å²) < 4.78 is 18.5. The molecule has 1 aromatic carbocycles. The molecule has 0 fully saturated rings. The number of benzene rings is 1. The lowest BCUT2D eigenvalue weighted by Crippen LogP contribution is -2.29. The van der Waals surface area contributed by atoms with E-state index in [1.165, 1.54) is 11.3 Å². The third-order valence-electron chi connectivity index (χ3n) is 4.40. The Labute approximate surface area is 135 Å². The van der Waals surface area contributed by atoms with Crippen LogP contribution in [0.25, 0.3) is 0 Å². The van der Waals surface area contributed by atoms with Crippen LogP contribution in [0.1, 0.15) is 11.3 Å². The van der Waals surface area contributed by atoms with Gasteiger partial charge in [0.25, 0.3) is 0 Å². The highest BCUT2D eigenvalue weighted by Gasteiger charge is 2.22. The number of methoxy groups -OCH3 is 1. The van der Waals surface area contributed by atoms with Crippen LogP contribution >= 0.6 is 0 Å². The van der Waals surface area contributed by atoms with Crippen molar-refractivity contribution in [2.75, 3.05) is 27.1 Å². The summed E-state index contributed by atoms with van der Waals surface area (Å²) in [5, 5.41) is 0. The van der Waals surface area contributed by atoms with E-state index in [9.17, 15) is 0 Å². The van der Waals surface area contributed by atoms with Crippen molar-refractivity contribution in [2.45, 2.75) is 19.6 Å². The molecule has 0 amide bonds. The number of fused-ring (bicyclic) bond motifs is 2. The second-order valence-electron chi connectivity index (χ2n) is 6.22. The Balaban J connectivity index is 1.53. The van der Waals surface area contributed by atoms with Crippen molar-refractivity contribution in [3.8, 4) is 11.5 Å². The minimum absolute atomic E-state index is 0.317. The first-order valence-corrected chi connectivity index (χ1v) is 7.90. The van der Waals surface area contributed by atoms with Gasteiger partial charge in [-0.15, -0.1) is 0 Å². The minimum atomic E-state index is 0.317. The van der Waals surface area contributed by atoms with E-state index in [-0.39, 0.29) is 0 Å². The Morgan fingerprint density at radius 3 is 3.09 bits per heavy atom. The quantitative estimate of drug-likeness (QED) is 0.862. The maximum Gasteiger partial charge on any atom is 0.231 e. The van der Waals surface area contributed by atoms with Crippen LogP contribution in [-0.4, -0.2) is 41.5 Å². The SMILES string of the molecule is COC[C@H]1CN(Cc2ccc3c(c2)OCO3)Cc2cncn2C1. The second kappa shape index (κ2) is 6.22. The zero-order valence-corrected chi connectivity index (χ0v) is 13.3. The summed E-state index contributed by atoms with van der Waals surface area (Å²) >= 11 is 0. The van der Waals surface area contributed by atoms with Crippen molar-refractivity contribution in [3.63, 3.8) is 0 Å². The number of rotatable bonds is 4. The smallest absolute Gasteiger partial charge is 0.231 e. The van der Waals surface area contributed by atoms with E-state index >= 15 is 0 Å². The zero-order chi connectivity index (χ0) is 15.6. The van der Waals surface area contributed by atoms with Crippen molar-refractivity contribution in [1.82, 2.24) is 14.5 Å². The summed E-state index contributed by atoms with van der Waals surface area (Å²) in [6.07, 6.45) is 3.88. The number of hydrogen-bond acceptors (Lipinski definition) is 5. The van der Waals surface area contributed by atoms with Gasteiger partial charge in [-0.2, -0.15) is 0 Å². The van der Waals surface area contributed by atoms with Crippen molar-refractivity contribution < 1.29 is 14.2 Å². The van der Waals surface area contributed by atoms with Gasteiger partial charge in [-0.3, -0.25) is 4.90 Å². The zero-order valence-electron chi connectivity index (χ0n) is 13.3. The molecule has 6 heteroatoms. The van der Waals surface area contributed by atoms with Crippen LogP contribution in [0.5, 0.6) is 11.5 Å². The molecule has 0 radical (unpaired) electrons. The van der Waals surface area contributed by atoms with Gasteiger partial charge in [-0.1, -0.05) is 6.07 Å². The summed E-state index contributed by atoms with van der Waals surface area (Å²) in [6.45, 7) is 4.81. The molecule has 1 atom stereocenters. The normalized spacial score (nSPS) is 20.3. The number of imidazole rings is 1. The highest BCUT2D eigenvalue weighted by atomic mass is 16.7. The fraction of sp³-hybridized carbons (Fsp3) is 0.471. The Morgan fingerprint density at radius 1 is 1.26 bits per heavy atom. The standard InChI is InChI=1S/C17H21N3O3/c1-21-10-14-7-19(9-15-5-18-11-20(15)8-14)6-13-2-3-16-17(4-13)23-12-22-16/h2-5,11,14H,6-10,12H2,1H3/t14-/m0/s1. The molecule has 0 spiro atoms. The molecule has 1 aromatic heterocycles. The molecular formula is C17H21N3O3. The Kier molecular flexibility index (Phi) is 3.93. The largest absolute Gasteiger partial charge is 0.454 e. The molecule has 23 heavy (non-hydrogen) atoms. The van der Waals surface area contributed by atoms with Crippen molar-refractivity contribution in [2.24, 2.45) is 5.92 Å². The summed E-state index contributed by atoms with van der Waals surface area (Å²) in [5.41, 5.74) is 2.49. The molecular weight excluding hydrogens is 294 g/mol. The number of nitrogens with zero attached hydrogens (tertiary/aromatic N) is 3. The number of hydrogen-bond donors (Lipinski definition) is 0. The lowest BCUT2D eigenvalue weighted by atomic mass is 10.1. The maximum absolute atomic E-state index is 5.48. The molecule has 0 saturated carbocycles. The van der Waals surface area contributed by atoms with E-state index in [0.29, 0.717) is 12.7 Å². The first-order valence-electron chi connectivity index (χ1n) is 7.90. The average Bonchev–Trinajstić information content (AvgIpc) is 3.13. The van der Waals surface area contributed by atoms with E-state index in [0.717, 1.165) is 44.3 Å². The van der Waals surface area contributed by atoms with Gasteiger partial charge in [0.15, 0.2) is 11.5 Å². The van der Waals surface area contributed by atoms with E-state index in [4.69, 9.17) is 14.2 Å². The van der Waals surface area contributed by atoms with Crippen LogP contribution in [0.15, 0.2) is 30.7 Å².